The van der Waals surface area contributed by atoms with E-state index in [0.717, 1.165) is 35.8 Å². The van der Waals surface area contributed by atoms with Crippen molar-refractivity contribution in [1.29, 1.82) is 0 Å². The molecule has 4 aromatic heterocycles. The Labute approximate surface area is 265 Å². The van der Waals surface area contributed by atoms with Gasteiger partial charge in [-0.25, -0.2) is 24.5 Å². The summed E-state index contributed by atoms with van der Waals surface area (Å²) >= 11 is 0. The monoisotopic (exact) mass is 618 g/mol. The quantitative estimate of drug-likeness (QED) is 0.278. The van der Waals surface area contributed by atoms with E-state index < -0.39 is 0 Å². The van der Waals surface area contributed by atoms with Gasteiger partial charge in [0, 0.05) is 55.8 Å². The molecule has 0 spiro atoms. The van der Waals surface area contributed by atoms with Crippen LogP contribution in [0.4, 0.5) is 17.3 Å². The summed E-state index contributed by atoms with van der Waals surface area (Å²) in [6, 6.07) is 11.7. The van der Waals surface area contributed by atoms with Gasteiger partial charge < -0.3 is 24.6 Å². The summed E-state index contributed by atoms with van der Waals surface area (Å²) < 4.78 is 14.1. The number of nitrogens with one attached hydrogen (secondary N) is 1. The van der Waals surface area contributed by atoms with E-state index >= 15 is 0 Å². The fourth-order valence-corrected chi connectivity index (χ4v) is 6.48. The van der Waals surface area contributed by atoms with Crippen LogP contribution in [0.15, 0.2) is 67.4 Å². The first-order valence-corrected chi connectivity index (χ1v) is 15.6. The van der Waals surface area contributed by atoms with E-state index in [2.05, 4.69) is 48.3 Å². The predicted molar refractivity (Wildman–Crippen MR) is 173 cm³/mol. The van der Waals surface area contributed by atoms with E-state index in [0.29, 0.717) is 66.3 Å². The lowest BCUT2D eigenvalue weighted by molar-refractivity contribution is -0.129. The topological polar surface area (TPSA) is 126 Å². The minimum Gasteiger partial charge on any atom is -0.487 e. The highest BCUT2D eigenvalue weighted by atomic mass is 16.5. The van der Waals surface area contributed by atoms with E-state index in [-0.39, 0.29) is 11.9 Å². The van der Waals surface area contributed by atoms with Gasteiger partial charge in [-0.05, 0) is 63.2 Å². The molecule has 1 amide bonds. The Balaban J connectivity index is 1.00. The first kappa shape index (κ1) is 28.2. The van der Waals surface area contributed by atoms with Gasteiger partial charge in [0.25, 0.3) is 0 Å². The summed E-state index contributed by atoms with van der Waals surface area (Å²) in [5, 5.41) is 7.55. The van der Waals surface area contributed by atoms with Gasteiger partial charge in [-0.3, -0.25) is 9.69 Å². The van der Waals surface area contributed by atoms with Crippen molar-refractivity contribution >= 4 is 39.9 Å². The molecule has 1 aromatic carbocycles. The molecule has 2 atom stereocenters. The summed E-state index contributed by atoms with van der Waals surface area (Å²) in [7, 11) is 2.11. The summed E-state index contributed by atoms with van der Waals surface area (Å²) in [6.07, 6.45) is 10.9. The molecular formula is C33H34N10O3. The minimum atomic E-state index is -0.0739. The zero-order valence-electron chi connectivity index (χ0n) is 25.7. The van der Waals surface area contributed by atoms with Gasteiger partial charge in [-0.2, -0.15) is 5.10 Å². The number of aryl methyl sites for hydroxylation is 1. The number of ether oxygens (including phenoxy) is 2. The molecule has 0 saturated carbocycles. The zero-order valence-corrected chi connectivity index (χ0v) is 25.7. The first-order valence-electron chi connectivity index (χ1n) is 15.6. The fourth-order valence-electron chi connectivity index (χ4n) is 6.48. The highest BCUT2D eigenvalue weighted by Gasteiger charge is 2.35. The second-order valence-corrected chi connectivity index (χ2v) is 12.0. The maximum absolute atomic E-state index is 13.2. The molecule has 234 valence electrons. The van der Waals surface area contributed by atoms with E-state index in [1.165, 1.54) is 19.1 Å². The smallest absolute Gasteiger partial charge is 0.246 e. The summed E-state index contributed by atoms with van der Waals surface area (Å²) in [6.45, 7) is 5.38. The Kier molecular flexibility index (Phi) is 7.09. The number of piperazine rings is 1. The number of benzene rings is 1. The maximum Gasteiger partial charge on any atom is 0.246 e. The molecule has 46 heavy (non-hydrogen) atoms. The van der Waals surface area contributed by atoms with Crippen molar-refractivity contribution in [2.45, 2.75) is 31.8 Å². The Bertz CT molecular complexity index is 1980. The van der Waals surface area contributed by atoms with Crippen LogP contribution in [0, 0.1) is 6.92 Å². The number of hydrogen-bond donors (Lipinski definition) is 1. The molecule has 5 aromatic rings. The van der Waals surface area contributed by atoms with Crippen molar-refractivity contribution in [2.24, 2.45) is 0 Å². The van der Waals surface area contributed by atoms with Gasteiger partial charge >= 0.3 is 0 Å². The van der Waals surface area contributed by atoms with E-state index in [1.54, 1.807) is 10.6 Å². The maximum atomic E-state index is 13.2. The fraction of sp³-hybridized carbons (Fsp3) is 0.333. The first-order chi connectivity index (χ1) is 22.5. The second kappa shape index (κ2) is 11.6. The minimum absolute atomic E-state index is 0.0399. The van der Waals surface area contributed by atoms with Gasteiger partial charge in [0.1, 0.15) is 36.3 Å². The van der Waals surface area contributed by atoms with Crippen molar-refractivity contribution in [2.75, 3.05) is 50.1 Å². The summed E-state index contributed by atoms with van der Waals surface area (Å²) in [5.74, 6) is 3.45. The highest BCUT2D eigenvalue weighted by Crippen LogP contribution is 2.36. The van der Waals surface area contributed by atoms with Crippen molar-refractivity contribution in [3.05, 3.63) is 73.0 Å². The van der Waals surface area contributed by atoms with Crippen LogP contribution in [0.25, 0.3) is 16.7 Å². The molecule has 0 radical (unpaired) electrons. The van der Waals surface area contributed by atoms with Crippen molar-refractivity contribution < 1.29 is 14.3 Å². The third kappa shape index (κ3) is 5.32. The third-order valence-corrected chi connectivity index (χ3v) is 9.01. The van der Waals surface area contributed by atoms with Crippen LogP contribution < -0.4 is 19.7 Å². The number of likely N-dealkylation sites (N-methyl/N-ethyl adjacent to an activating group) is 1. The van der Waals surface area contributed by atoms with Crippen LogP contribution in [0.5, 0.6) is 17.2 Å². The third-order valence-electron chi connectivity index (χ3n) is 9.01. The number of amides is 1. The molecule has 2 bridgehead atoms. The number of likely N-dealkylation sites (tertiary alicyclic amines) is 1. The molecule has 3 aliphatic rings. The number of pyridine rings is 2. The largest absolute Gasteiger partial charge is 0.487 e. The van der Waals surface area contributed by atoms with Crippen molar-refractivity contribution in [3.8, 4) is 17.2 Å². The number of hydrogen-bond acceptors (Lipinski definition) is 11. The van der Waals surface area contributed by atoms with E-state index in [9.17, 15) is 4.79 Å². The molecule has 7 heterocycles. The molecule has 8 rings (SSSR count). The van der Waals surface area contributed by atoms with Crippen LogP contribution in [-0.2, 0) is 4.79 Å². The van der Waals surface area contributed by atoms with Crippen LogP contribution >= 0.6 is 0 Å². The number of aromatic nitrogens is 6. The molecule has 1 N–H and O–H groups in total. The number of carbonyl (C=O) groups is 1. The molecule has 0 aliphatic carbocycles. The second-order valence-electron chi connectivity index (χ2n) is 12.0. The van der Waals surface area contributed by atoms with Gasteiger partial charge in [-0.1, -0.05) is 6.08 Å². The standard InChI is InChI=1S/C33H34N10O3/c1-21-14-22(5-7-27(21)46-25-9-11-43-29(15-25)35-20-37-43)38-32-31-26(34-19-36-32)16-28-33(39-31)41-12-13-42(24(17-41)18-45-28)30(44)8-6-23-4-3-10-40(23)2/h5-9,11,14-16,19-20,23-24H,3-4,10,12-13,17-18H2,1-2H3,(H,34,36,38)/b8-6+/t23-,24?/m0/s1. The van der Waals surface area contributed by atoms with Crippen LogP contribution in [0.3, 0.4) is 0 Å². The van der Waals surface area contributed by atoms with E-state index in [1.807, 2.05) is 54.4 Å². The van der Waals surface area contributed by atoms with Crippen molar-refractivity contribution in [3.63, 3.8) is 0 Å². The molecule has 2 fully saturated rings. The Morgan fingerprint density at radius 3 is 2.89 bits per heavy atom. The SMILES string of the molecule is Cc1cc(Nc2ncnc3cc4c(nc23)N2CCN(C(=O)/C=C/[C@@H]3CCCN3C)C(CO4)C2)ccc1Oc1ccn2ncnc2c1. The normalized spacial score (nSPS) is 19.8. The zero-order chi connectivity index (χ0) is 31.2. The lowest BCUT2D eigenvalue weighted by atomic mass is 10.1. The Morgan fingerprint density at radius 1 is 1.09 bits per heavy atom. The molecule has 13 heteroatoms. The number of rotatable bonds is 6. The average molecular weight is 619 g/mol. The highest BCUT2D eigenvalue weighted by molar-refractivity contribution is 5.91. The number of fused-ring (bicyclic) bond motifs is 6. The molecule has 2 saturated heterocycles. The van der Waals surface area contributed by atoms with Gasteiger partial charge in [0.05, 0.1) is 11.6 Å². The number of anilines is 3. The molecule has 13 nitrogen and oxygen atoms in total. The van der Waals surface area contributed by atoms with E-state index in [4.69, 9.17) is 14.5 Å². The lowest BCUT2D eigenvalue weighted by Crippen LogP contribution is -2.56. The molecular weight excluding hydrogens is 584 g/mol. The summed E-state index contributed by atoms with van der Waals surface area (Å²) in [4.78, 5) is 37.9. The van der Waals surface area contributed by atoms with Crippen molar-refractivity contribution in [1.82, 2.24) is 39.3 Å². The number of carbonyl (C=O) groups excluding carboxylic acids is 1. The Morgan fingerprint density at radius 2 is 2.02 bits per heavy atom. The summed E-state index contributed by atoms with van der Waals surface area (Å²) in [5.41, 5.74) is 3.82. The molecule has 1 unspecified atom stereocenters. The predicted octanol–water partition coefficient (Wildman–Crippen LogP) is 3.97. The van der Waals surface area contributed by atoms with Crippen LogP contribution in [-0.4, -0.2) is 97.2 Å². The van der Waals surface area contributed by atoms with Crippen LogP contribution in [0.1, 0.15) is 18.4 Å². The molecule has 3 aliphatic heterocycles. The lowest BCUT2D eigenvalue weighted by Gasteiger charge is -2.39. The average Bonchev–Trinajstić information content (AvgIpc) is 3.68. The Hall–Kier alpha value is -5.30. The van der Waals surface area contributed by atoms with Gasteiger partial charge in [0.2, 0.25) is 5.91 Å². The van der Waals surface area contributed by atoms with Gasteiger partial charge in [-0.15, -0.1) is 0 Å². The van der Waals surface area contributed by atoms with Crippen LogP contribution in [0.2, 0.25) is 0 Å². The van der Waals surface area contributed by atoms with Gasteiger partial charge in [0.15, 0.2) is 23.0 Å². The number of nitrogens with zero attached hydrogens (tertiary/aromatic N) is 9.